The number of ether oxygens (including phenoxy) is 1. The number of hydrogen-bond acceptors (Lipinski definition) is 4. The highest BCUT2D eigenvalue weighted by Gasteiger charge is 2.38. The van der Waals surface area contributed by atoms with Crippen LogP contribution in [0.3, 0.4) is 0 Å². The third-order valence-corrected chi connectivity index (χ3v) is 4.64. The third kappa shape index (κ3) is 6.07. The summed E-state index contributed by atoms with van der Waals surface area (Å²) >= 11 is 0. The Kier molecular flexibility index (Phi) is 6.94. The number of nitrogens with one attached hydrogen (secondary N) is 1. The van der Waals surface area contributed by atoms with Crippen molar-refractivity contribution in [1.82, 2.24) is 14.9 Å². The Balaban J connectivity index is 1.46. The second-order valence-corrected chi connectivity index (χ2v) is 7.06. The Morgan fingerprint density at radius 1 is 1.10 bits per heavy atom. The van der Waals surface area contributed by atoms with Crippen LogP contribution in [-0.4, -0.2) is 34.6 Å². The van der Waals surface area contributed by atoms with Crippen molar-refractivity contribution in [2.75, 3.05) is 13.2 Å². The number of alkyl halides is 3. The second-order valence-electron chi connectivity index (χ2n) is 7.06. The van der Waals surface area contributed by atoms with Crippen molar-refractivity contribution >= 4 is 22.9 Å². The molecule has 0 unspecified atom stereocenters. The average molecular weight is 433 g/mol. The molecule has 0 atom stereocenters. The molecule has 0 radical (unpaired) electrons. The second kappa shape index (κ2) is 9.63. The Hall–Kier alpha value is -3.36. The van der Waals surface area contributed by atoms with E-state index in [0.29, 0.717) is 6.42 Å². The molecule has 0 fully saturated rings. The maximum Gasteiger partial charge on any atom is 0.449 e. The van der Waals surface area contributed by atoms with Crippen LogP contribution in [-0.2, 0) is 33.5 Å². The smallest absolute Gasteiger partial charge is 0.449 e. The molecular formula is C22H22F3N3O3. The number of para-hydroxylation sites is 2. The fourth-order valence-corrected chi connectivity index (χ4v) is 3.08. The quantitative estimate of drug-likeness (QED) is 0.435. The molecular weight excluding hydrogens is 411 g/mol. The van der Waals surface area contributed by atoms with E-state index in [1.54, 1.807) is 12.1 Å². The molecule has 9 heteroatoms. The number of fused-ring (bicyclic) bond motifs is 1. The van der Waals surface area contributed by atoms with Crippen molar-refractivity contribution < 1.29 is 27.5 Å². The predicted octanol–water partition coefficient (Wildman–Crippen LogP) is 3.66. The number of nitrogens with zero attached hydrogens (tertiary/aromatic N) is 2. The lowest BCUT2D eigenvalue weighted by atomic mass is 10.1. The molecule has 164 valence electrons. The molecule has 0 saturated carbocycles. The zero-order chi connectivity index (χ0) is 22.4. The van der Waals surface area contributed by atoms with Gasteiger partial charge in [0, 0.05) is 6.42 Å². The number of imidazole rings is 1. The van der Waals surface area contributed by atoms with Crippen LogP contribution in [0.1, 0.15) is 23.4 Å². The summed E-state index contributed by atoms with van der Waals surface area (Å²) in [6, 6.07) is 13.9. The number of carbonyl (C=O) groups excluding carboxylic acids is 2. The molecule has 2 aromatic carbocycles. The van der Waals surface area contributed by atoms with Gasteiger partial charge in [-0.3, -0.25) is 9.59 Å². The van der Waals surface area contributed by atoms with E-state index in [0.717, 1.165) is 15.7 Å². The molecule has 0 aliphatic heterocycles. The number of aryl methyl sites for hydroxylation is 2. The van der Waals surface area contributed by atoms with Gasteiger partial charge in [-0.2, -0.15) is 13.2 Å². The van der Waals surface area contributed by atoms with Crippen molar-refractivity contribution in [3.05, 3.63) is 65.5 Å². The topological polar surface area (TPSA) is 73.2 Å². The highest BCUT2D eigenvalue weighted by atomic mass is 19.4. The Bertz CT molecular complexity index is 1060. The third-order valence-electron chi connectivity index (χ3n) is 4.64. The predicted molar refractivity (Wildman–Crippen MR) is 108 cm³/mol. The minimum Gasteiger partial charge on any atom is -0.462 e. The van der Waals surface area contributed by atoms with Crippen molar-refractivity contribution in [1.29, 1.82) is 0 Å². The molecule has 6 nitrogen and oxygen atoms in total. The summed E-state index contributed by atoms with van der Waals surface area (Å²) in [7, 11) is 0. The average Bonchev–Trinajstić information content (AvgIpc) is 3.10. The van der Waals surface area contributed by atoms with Crippen molar-refractivity contribution in [2.45, 2.75) is 32.5 Å². The van der Waals surface area contributed by atoms with E-state index in [4.69, 9.17) is 4.74 Å². The summed E-state index contributed by atoms with van der Waals surface area (Å²) in [5.74, 6) is -2.20. The number of hydrogen-bond donors (Lipinski definition) is 1. The zero-order valence-electron chi connectivity index (χ0n) is 16.9. The van der Waals surface area contributed by atoms with Crippen LogP contribution in [0, 0.1) is 6.92 Å². The molecule has 1 aromatic heterocycles. The highest BCUT2D eigenvalue weighted by Crippen LogP contribution is 2.31. The van der Waals surface area contributed by atoms with Gasteiger partial charge in [0.15, 0.2) is 0 Å². The summed E-state index contributed by atoms with van der Waals surface area (Å²) in [6.45, 7) is 1.30. The lowest BCUT2D eigenvalue weighted by Gasteiger charge is -2.11. The molecule has 1 N–H and O–H groups in total. The van der Waals surface area contributed by atoms with Gasteiger partial charge in [0.1, 0.15) is 13.2 Å². The summed E-state index contributed by atoms with van der Waals surface area (Å²) in [4.78, 5) is 27.5. The van der Waals surface area contributed by atoms with E-state index in [1.165, 1.54) is 12.1 Å². The van der Waals surface area contributed by atoms with E-state index in [9.17, 15) is 22.8 Å². The maximum atomic E-state index is 13.3. The molecule has 0 aliphatic carbocycles. The Labute approximate surface area is 177 Å². The van der Waals surface area contributed by atoms with Crippen molar-refractivity contribution in [3.63, 3.8) is 0 Å². The van der Waals surface area contributed by atoms with E-state index in [-0.39, 0.29) is 36.5 Å². The van der Waals surface area contributed by atoms with Crippen molar-refractivity contribution in [3.8, 4) is 0 Å². The molecule has 1 heterocycles. The number of carbonyl (C=O) groups is 2. The molecule has 3 rings (SSSR count). The molecule has 1 amide bonds. The van der Waals surface area contributed by atoms with Crippen LogP contribution in [0.2, 0.25) is 0 Å². The number of benzene rings is 2. The SMILES string of the molecule is Cc1ccc(CCC(=O)NCCOC(=O)Cn2c(C(F)(F)F)nc3ccccc32)cc1. The first-order chi connectivity index (χ1) is 14.7. The fraction of sp³-hybridized carbons (Fsp3) is 0.318. The molecule has 0 bridgehead atoms. The van der Waals surface area contributed by atoms with E-state index >= 15 is 0 Å². The van der Waals surface area contributed by atoms with Crippen LogP contribution in [0.15, 0.2) is 48.5 Å². The fourth-order valence-electron chi connectivity index (χ4n) is 3.08. The minimum absolute atomic E-state index is 0.0786. The van der Waals surface area contributed by atoms with Gasteiger partial charge in [0.2, 0.25) is 11.7 Å². The van der Waals surface area contributed by atoms with E-state index < -0.39 is 24.5 Å². The van der Waals surface area contributed by atoms with Crippen LogP contribution < -0.4 is 5.32 Å². The Morgan fingerprint density at radius 2 is 1.81 bits per heavy atom. The molecule has 0 aliphatic rings. The maximum absolute atomic E-state index is 13.3. The normalized spacial score (nSPS) is 11.5. The van der Waals surface area contributed by atoms with Gasteiger partial charge in [-0.1, -0.05) is 42.0 Å². The number of esters is 1. The molecule has 31 heavy (non-hydrogen) atoms. The minimum atomic E-state index is -4.70. The highest BCUT2D eigenvalue weighted by molar-refractivity contribution is 5.79. The van der Waals surface area contributed by atoms with Gasteiger partial charge in [0.25, 0.3) is 0 Å². The lowest BCUT2D eigenvalue weighted by Crippen LogP contribution is -2.29. The molecule has 0 saturated heterocycles. The van der Waals surface area contributed by atoms with Gasteiger partial charge in [-0.25, -0.2) is 4.98 Å². The standard InChI is InChI=1S/C22H22F3N3O3/c1-15-6-8-16(9-7-15)10-11-19(29)26-12-13-31-20(30)14-28-18-5-3-2-4-17(18)27-21(28)22(23,24)25/h2-9H,10-14H2,1H3,(H,26,29). The van der Waals surface area contributed by atoms with Crippen LogP contribution in [0.5, 0.6) is 0 Å². The first-order valence-electron chi connectivity index (χ1n) is 9.74. The number of rotatable bonds is 8. The first-order valence-corrected chi connectivity index (χ1v) is 9.74. The van der Waals surface area contributed by atoms with Gasteiger partial charge in [-0.05, 0) is 31.0 Å². The summed E-state index contributed by atoms with van der Waals surface area (Å²) in [6.07, 6.45) is -3.84. The van der Waals surface area contributed by atoms with Crippen LogP contribution in [0.4, 0.5) is 13.2 Å². The monoisotopic (exact) mass is 433 g/mol. The summed E-state index contributed by atoms with van der Waals surface area (Å²) in [5, 5.41) is 2.63. The number of halogens is 3. The van der Waals surface area contributed by atoms with Gasteiger partial charge < -0.3 is 14.6 Å². The zero-order valence-corrected chi connectivity index (χ0v) is 16.9. The van der Waals surface area contributed by atoms with Crippen LogP contribution >= 0.6 is 0 Å². The largest absolute Gasteiger partial charge is 0.462 e. The lowest BCUT2D eigenvalue weighted by molar-refractivity contribution is -0.151. The summed E-state index contributed by atoms with van der Waals surface area (Å²) in [5.41, 5.74) is 2.51. The molecule has 3 aromatic rings. The van der Waals surface area contributed by atoms with Crippen LogP contribution in [0.25, 0.3) is 11.0 Å². The van der Waals surface area contributed by atoms with E-state index in [1.807, 2.05) is 31.2 Å². The van der Waals surface area contributed by atoms with E-state index in [2.05, 4.69) is 10.3 Å². The molecule has 0 spiro atoms. The van der Waals surface area contributed by atoms with Gasteiger partial charge in [-0.15, -0.1) is 0 Å². The van der Waals surface area contributed by atoms with Crippen molar-refractivity contribution in [2.24, 2.45) is 0 Å². The summed E-state index contributed by atoms with van der Waals surface area (Å²) < 4.78 is 45.6. The van der Waals surface area contributed by atoms with Gasteiger partial charge >= 0.3 is 12.1 Å². The number of amides is 1. The van der Waals surface area contributed by atoms with Gasteiger partial charge in [0.05, 0.1) is 17.6 Å². The Morgan fingerprint density at radius 3 is 2.52 bits per heavy atom. The first kappa shape index (κ1) is 22.3. The number of aromatic nitrogens is 2.